The second-order valence-electron chi connectivity index (χ2n) is 5.76. The van der Waals surface area contributed by atoms with Crippen molar-refractivity contribution in [2.24, 2.45) is 0 Å². The lowest BCUT2D eigenvalue weighted by Crippen LogP contribution is -2.58. The Morgan fingerprint density at radius 1 is 1.20 bits per heavy atom. The molecule has 2 fully saturated rings. The van der Waals surface area contributed by atoms with Crippen LogP contribution in [-0.4, -0.2) is 27.5 Å². The van der Waals surface area contributed by atoms with E-state index in [-0.39, 0.29) is 0 Å². The molecule has 1 amide bonds. The van der Waals surface area contributed by atoms with E-state index in [4.69, 9.17) is 4.74 Å². The van der Waals surface area contributed by atoms with Gasteiger partial charge in [-0.1, -0.05) is 24.6 Å². The van der Waals surface area contributed by atoms with E-state index in [1.54, 1.807) is 6.92 Å². The predicted octanol–water partition coefficient (Wildman–Crippen LogP) is 2.88. The molecule has 1 atom stereocenters. The average Bonchev–Trinajstić information content (AvgIpc) is 2.62. The van der Waals surface area contributed by atoms with Gasteiger partial charge < -0.3 is 9.84 Å². The van der Waals surface area contributed by atoms with Crippen LogP contribution in [-0.2, 0) is 4.74 Å². The minimum atomic E-state index is -1.35. The van der Waals surface area contributed by atoms with E-state index in [0.29, 0.717) is 12.8 Å². The number of ether oxygens (including phenoxy) is 1. The number of anilines is 1. The first kappa shape index (κ1) is 13.2. The van der Waals surface area contributed by atoms with Gasteiger partial charge in [-0.3, -0.25) is 5.43 Å². The van der Waals surface area contributed by atoms with Crippen molar-refractivity contribution in [3.05, 3.63) is 30.3 Å². The quantitative estimate of drug-likeness (QED) is 0.872. The van der Waals surface area contributed by atoms with Gasteiger partial charge >= 0.3 is 6.09 Å². The Kier molecular flexibility index (Phi) is 3.09. The fourth-order valence-electron chi connectivity index (χ4n) is 3.19. The maximum absolute atomic E-state index is 12.1. The lowest BCUT2D eigenvalue weighted by atomic mass is 9.78. The molecule has 108 valence electrons. The van der Waals surface area contributed by atoms with Crippen LogP contribution in [0.4, 0.5) is 10.5 Å². The number of rotatable bonds is 2. The predicted molar refractivity (Wildman–Crippen MR) is 74.8 cm³/mol. The maximum atomic E-state index is 12.1. The van der Waals surface area contributed by atoms with E-state index >= 15 is 0 Å². The van der Waals surface area contributed by atoms with E-state index in [1.807, 2.05) is 30.3 Å². The fraction of sp³-hybridized carbons (Fsp3) is 0.533. The van der Waals surface area contributed by atoms with Gasteiger partial charge in [0.1, 0.15) is 0 Å². The third kappa shape index (κ3) is 1.93. The second-order valence-corrected chi connectivity index (χ2v) is 5.76. The molecule has 1 spiro atoms. The molecule has 1 aliphatic heterocycles. The van der Waals surface area contributed by atoms with Crippen molar-refractivity contribution >= 4 is 11.8 Å². The maximum Gasteiger partial charge on any atom is 0.432 e. The highest BCUT2D eigenvalue weighted by Gasteiger charge is 2.62. The van der Waals surface area contributed by atoms with Crippen LogP contribution >= 0.6 is 0 Å². The highest BCUT2D eigenvalue weighted by Crippen LogP contribution is 2.46. The number of hydrazine groups is 1. The number of benzene rings is 1. The van der Waals surface area contributed by atoms with Crippen molar-refractivity contribution < 1.29 is 14.6 Å². The SMILES string of the molecule is C[C@]1(O)N(Nc2ccccc2)C(=O)OC12CCCCC2. The van der Waals surface area contributed by atoms with Crippen LogP contribution in [0.2, 0.25) is 0 Å². The molecule has 2 N–H and O–H groups in total. The molecular formula is C15H20N2O3. The summed E-state index contributed by atoms with van der Waals surface area (Å²) in [5.41, 5.74) is 1.57. The monoisotopic (exact) mass is 276 g/mol. The third-order valence-corrected chi connectivity index (χ3v) is 4.44. The van der Waals surface area contributed by atoms with E-state index in [0.717, 1.165) is 24.9 Å². The zero-order valence-corrected chi connectivity index (χ0v) is 11.6. The van der Waals surface area contributed by atoms with Gasteiger partial charge in [0.2, 0.25) is 0 Å². The number of carbonyl (C=O) groups excluding carboxylic acids is 1. The Morgan fingerprint density at radius 2 is 1.85 bits per heavy atom. The number of amides is 1. The average molecular weight is 276 g/mol. The number of nitrogens with one attached hydrogen (secondary N) is 1. The zero-order chi connectivity index (χ0) is 14.2. The minimum Gasteiger partial charge on any atom is -0.436 e. The fourth-order valence-corrected chi connectivity index (χ4v) is 3.19. The summed E-state index contributed by atoms with van der Waals surface area (Å²) < 4.78 is 5.56. The first-order valence-electron chi connectivity index (χ1n) is 7.12. The molecule has 5 nitrogen and oxygen atoms in total. The number of carbonyl (C=O) groups is 1. The Labute approximate surface area is 118 Å². The molecule has 1 saturated carbocycles. The van der Waals surface area contributed by atoms with Gasteiger partial charge in [0.15, 0.2) is 11.3 Å². The summed E-state index contributed by atoms with van der Waals surface area (Å²) in [5, 5.41) is 12.1. The first-order valence-corrected chi connectivity index (χ1v) is 7.12. The summed E-state index contributed by atoms with van der Waals surface area (Å²) in [7, 11) is 0. The Hall–Kier alpha value is -1.75. The molecule has 0 radical (unpaired) electrons. The summed E-state index contributed by atoms with van der Waals surface area (Å²) in [6, 6.07) is 9.32. The van der Waals surface area contributed by atoms with Crippen molar-refractivity contribution in [3.8, 4) is 0 Å². The lowest BCUT2D eigenvalue weighted by Gasteiger charge is -2.41. The van der Waals surface area contributed by atoms with Gasteiger partial charge in [0, 0.05) is 0 Å². The summed E-state index contributed by atoms with van der Waals surface area (Å²) in [5.74, 6) is 0. The van der Waals surface area contributed by atoms with Crippen molar-refractivity contribution in [1.82, 2.24) is 5.01 Å². The van der Waals surface area contributed by atoms with Crippen LogP contribution in [0.3, 0.4) is 0 Å². The normalized spacial score (nSPS) is 28.5. The van der Waals surface area contributed by atoms with Crippen LogP contribution in [0.15, 0.2) is 30.3 Å². The Morgan fingerprint density at radius 3 is 2.50 bits per heavy atom. The Bertz CT molecular complexity index is 495. The van der Waals surface area contributed by atoms with E-state index < -0.39 is 17.4 Å². The molecular weight excluding hydrogens is 256 g/mol. The summed E-state index contributed by atoms with van der Waals surface area (Å²) >= 11 is 0. The van der Waals surface area contributed by atoms with Gasteiger partial charge in [-0.05, 0) is 44.7 Å². The number of hydrogen-bond donors (Lipinski definition) is 2. The molecule has 20 heavy (non-hydrogen) atoms. The van der Waals surface area contributed by atoms with Crippen LogP contribution in [0, 0.1) is 0 Å². The first-order chi connectivity index (χ1) is 9.55. The molecule has 1 aromatic carbocycles. The largest absolute Gasteiger partial charge is 0.436 e. The van der Waals surface area contributed by atoms with Gasteiger partial charge in [-0.2, -0.15) is 5.01 Å². The van der Waals surface area contributed by atoms with Crippen LogP contribution in [0.5, 0.6) is 0 Å². The van der Waals surface area contributed by atoms with E-state index in [9.17, 15) is 9.90 Å². The molecule has 0 bridgehead atoms. The van der Waals surface area contributed by atoms with Gasteiger partial charge in [0.25, 0.3) is 0 Å². The molecule has 5 heteroatoms. The van der Waals surface area contributed by atoms with Gasteiger partial charge in [-0.25, -0.2) is 4.79 Å². The van der Waals surface area contributed by atoms with Crippen molar-refractivity contribution in [2.75, 3.05) is 5.43 Å². The van der Waals surface area contributed by atoms with Gasteiger partial charge in [0.05, 0.1) is 5.69 Å². The number of para-hydroxylation sites is 1. The standard InChI is InChI=1S/C15H20N2O3/c1-14(19)15(10-6-3-7-11-15)20-13(18)17(14)16-12-8-4-2-5-9-12/h2,4-5,8-9,16,19H,3,6-7,10-11H2,1H3/t14-/m1/s1. The molecule has 1 saturated heterocycles. The zero-order valence-electron chi connectivity index (χ0n) is 11.6. The Balaban J connectivity index is 1.86. The summed E-state index contributed by atoms with van der Waals surface area (Å²) in [4.78, 5) is 12.1. The topological polar surface area (TPSA) is 61.8 Å². The molecule has 1 heterocycles. The smallest absolute Gasteiger partial charge is 0.432 e. The summed E-state index contributed by atoms with van der Waals surface area (Å²) in [6.07, 6.45) is 3.98. The second kappa shape index (κ2) is 4.66. The van der Waals surface area contributed by atoms with Gasteiger partial charge in [-0.15, -0.1) is 0 Å². The molecule has 2 aliphatic rings. The molecule has 1 aromatic rings. The van der Waals surface area contributed by atoms with E-state index in [2.05, 4.69) is 5.43 Å². The van der Waals surface area contributed by atoms with Crippen molar-refractivity contribution in [2.45, 2.75) is 50.4 Å². The van der Waals surface area contributed by atoms with Crippen LogP contribution in [0.25, 0.3) is 0 Å². The number of nitrogens with zero attached hydrogens (tertiary/aromatic N) is 1. The van der Waals surface area contributed by atoms with Crippen molar-refractivity contribution in [3.63, 3.8) is 0 Å². The number of hydrogen-bond acceptors (Lipinski definition) is 4. The van der Waals surface area contributed by atoms with Crippen molar-refractivity contribution in [1.29, 1.82) is 0 Å². The highest BCUT2D eigenvalue weighted by atomic mass is 16.6. The molecule has 0 aromatic heterocycles. The lowest BCUT2D eigenvalue weighted by molar-refractivity contribution is -0.154. The summed E-state index contributed by atoms with van der Waals surface area (Å²) in [6.45, 7) is 1.65. The highest BCUT2D eigenvalue weighted by molar-refractivity contribution is 5.74. The third-order valence-electron chi connectivity index (χ3n) is 4.44. The molecule has 3 rings (SSSR count). The van der Waals surface area contributed by atoms with Crippen LogP contribution in [0.1, 0.15) is 39.0 Å². The molecule has 1 aliphatic carbocycles. The van der Waals surface area contributed by atoms with E-state index in [1.165, 1.54) is 5.01 Å². The minimum absolute atomic E-state index is 0.513. The number of aliphatic hydroxyl groups is 1. The van der Waals surface area contributed by atoms with Crippen LogP contribution < -0.4 is 5.43 Å². The molecule has 0 unspecified atom stereocenters.